The molecule has 0 fully saturated rings. The van der Waals surface area contributed by atoms with Crippen molar-refractivity contribution in [1.29, 1.82) is 0 Å². The molecule has 74 valence electrons. The van der Waals surface area contributed by atoms with E-state index in [4.69, 9.17) is 0 Å². The fourth-order valence-corrected chi connectivity index (χ4v) is 1.95. The van der Waals surface area contributed by atoms with Gasteiger partial charge in [0.05, 0.1) is 0 Å². The Hall–Kier alpha value is -0.550. The largest absolute Gasteiger partial charge is 0.286 e. The van der Waals surface area contributed by atoms with E-state index < -0.39 is 10.8 Å². The monoisotopic (exact) mass is 201 g/mol. The van der Waals surface area contributed by atoms with Gasteiger partial charge in [0, 0.05) is 12.3 Å². The summed E-state index contributed by atoms with van der Waals surface area (Å²) in [6.07, 6.45) is 1.38. The molecule has 13 heavy (non-hydrogen) atoms. The van der Waals surface area contributed by atoms with Crippen LogP contribution in [0.2, 0.25) is 0 Å². The molecule has 0 aromatic heterocycles. The molecule has 0 spiro atoms. The topological polar surface area (TPSA) is 52.5 Å². The first-order valence-corrected chi connectivity index (χ1v) is 6.00. The zero-order valence-electron chi connectivity index (χ0n) is 7.77. The van der Waals surface area contributed by atoms with Crippen molar-refractivity contribution < 1.29 is 9.11 Å². The zero-order valence-corrected chi connectivity index (χ0v) is 8.58. The maximum Gasteiger partial charge on any atom is 0.0480 e. The molecule has 0 aliphatic heterocycles. The van der Waals surface area contributed by atoms with Gasteiger partial charge in [-0.15, -0.1) is 10.8 Å². The van der Waals surface area contributed by atoms with Crippen LogP contribution in [0.5, 0.6) is 0 Å². The van der Waals surface area contributed by atoms with E-state index in [-0.39, 0.29) is 6.04 Å². The molecule has 0 radical (unpaired) electrons. The molecular weight excluding hydrogens is 186 g/mol. The molecule has 0 unspecified atom stereocenters. The molecule has 3 N–H and O–H groups in total. The Balaban J connectivity index is 2.64. The average molecular weight is 201 g/mol. The Bertz CT molecular complexity index is 258. The molecule has 0 aliphatic carbocycles. The SMILES string of the molecule is C[C@@H](NS(C)(O)O)c1ccccc1. The van der Waals surface area contributed by atoms with Gasteiger partial charge >= 0.3 is 0 Å². The van der Waals surface area contributed by atoms with E-state index in [0.717, 1.165) is 5.56 Å². The lowest BCUT2D eigenvalue weighted by Gasteiger charge is -2.31. The van der Waals surface area contributed by atoms with Crippen LogP contribution < -0.4 is 4.72 Å². The number of hydrogen-bond acceptors (Lipinski definition) is 3. The maximum absolute atomic E-state index is 9.18. The number of rotatable bonds is 3. The van der Waals surface area contributed by atoms with E-state index in [0.29, 0.717) is 0 Å². The van der Waals surface area contributed by atoms with Crippen molar-refractivity contribution in [3.05, 3.63) is 35.9 Å². The highest BCUT2D eigenvalue weighted by Crippen LogP contribution is 2.31. The van der Waals surface area contributed by atoms with Crippen LogP contribution in [-0.2, 0) is 0 Å². The van der Waals surface area contributed by atoms with Crippen LogP contribution >= 0.6 is 10.8 Å². The molecule has 1 rings (SSSR count). The van der Waals surface area contributed by atoms with Gasteiger partial charge in [0.2, 0.25) is 0 Å². The number of hydrogen-bond donors (Lipinski definition) is 3. The summed E-state index contributed by atoms with van der Waals surface area (Å²) in [6, 6.07) is 9.63. The van der Waals surface area contributed by atoms with Gasteiger partial charge in [0.1, 0.15) is 0 Å². The highest BCUT2D eigenvalue weighted by Gasteiger charge is 2.10. The molecule has 1 aromatic carbocycles. The van der Waals surface area contributed by atoms with Gasteiger partial charge in [-0.05, 0) is 12.5 Å². The first-order valence-electron chi connectivity index (χ1n) is 4.04. The molecule has 0 saturated heterocycles. The lowest BCUT2D eigenvalue weighted by atomic mass is 10.1. The van der Waals surface area contributed by atoms with E-state index in [9.17, 15) is 9.11 Å². The summed E-state index contributed by atoms with van der Waals surface area (Å²) < 4.78 is 21.1. The molecule has 0 aliphatic rings. The molecule has 1 aromatic rings. The van der Waals surface area contributed by atoms with Gasteiger partial charge in [-0.2, -0.15) is 0 Å². The molecule has 0 saturated carbocycles. The van der Waals surface area contributed by atoms with Gasteiger partial charge < -0.3 is 0 Å². The Kier molecular flexibility index (Phi) is 3.33. The second-order valence-electron chi connectivity index (χ2n) is 3.08. The second-order valence-corrected chi connectivity index (χ2v) is 4.99. The van der Waals surface area contributed by atoms with Gasteiger partial charge in [0.25, 0.3) is 0 Å². The summed E-state index contributed by atoms with van der Waals surface area (Å²) in [7, 11) is -2.62. The van der Waals surface area contributed by atoms with Crippen LogP contribution in [0, 0.1) is 0 Å². The Morgan fingerprint density at radius 1 is 1.23 bits per heavy atom. The molecule has 3 nitrogen and oxygen atoms in total. The molecule has 0 bridgehead atoms. The average Bonchev–Trinajstić information content (AvgIpc) is 2.03. The minimum Gasteiger partial charge on any atom is -0.286 e. The summed E-state index contributed by atoms with van der Waals surface area (Å²) in [5.74, 6) is 0. The summed E-state index contributed by atoms with van der Waals surface area (Å²) in [4.78, 5) is 0. The lowest BCUT2D eigenvalue weighted by Crippen LogP contribution is -2.22. The summed E-state index contributed by atoms with van der Waals surface area (Å²) >= 11 is 0. The first-order chi connectivity index (χ1) is 5.99. The Labute approximate surface area is 80.3 Å². The fourth-order valence-electron chi connectivity index (χ4n) is 1.14. The van der Waals surface area contributed by atoms with Crippen molar-refractivity contribution in [1.82, 2.24) is 4.72 Å². The lowest BCUT2D eigenvalue weighted by molar-refractivity contribution is 0.467. The third-order valence-corrected chi connectivity index (χ3v) is 2.50. The molecule has 4 heteroatoms. The van der Waals surface area contributed by atoms with Crippen LogP contribution in [0.15, 0.2) is 30.3 Å². The van der Waals surface area contributed by atoms with Gasteiger partial charge in [-0.1, -0.05) is 30.3 Å². The van der Waals surface area contributed by atoms with E-state index >= 15 is 0 Å². The van der Waals surface area contributed by atoms with Crippen molar-refractivity contribution in [3.8, 4) is 0 Å². The van der Waals surface area contributed by atoms with Gasteiger partial charge in [-0.3, -0.25) is 9.11 Å². The third-order valence-electron chi connectivity index (χ3n) is 1.70. The Morgan fingerprint density at radius 2 is 1.77 bits per heavy atom. The fraction of sp³-hybridized carbons (Fsp3) is 0.333. The summed E-state index contributed by atoms with van der Waals surface area (Å²) in [5, 5.41) is 0. The number of nitrogens with one attached hydrogen (secondary N) is 1. The highest BCUT2D eigenvalue weighted by atomic mass is 32.3. The van der Waals surface area contributed by atoms with E-state index in [2.05, 4.69) is 4.72 Å². The molecule has 1 atom stereocenters. The maximum atomic E-state index is 9.18. The smallest absolute Gasteiger partial charge is 0.0480 e. The predicted molar refractivity (Wildman–Crippen MR) is 56.8 cm³/mol. The predicted octanol–water partition coefficient (Wildman–Crippen LogP) is 2.63. The van der Waals surface area contributed by atoms with Crippen molar-refractivity contribution >= 4 is 10.8 Å². The van der Waals surface area contributed by atoms with Crippen LogP contribution in [0.3, 0.4) is 0 Å². The molecule has 0 amide bonds. The first kappa shape index (κ1) is 10.5. The van der Waals surface area contributed by atoms with Crippen LogP contribution in [0.1, 0.15) is 18.5 Å². The van der Waals surface area contributed by atoms with Crippen molar-refractivity contribution in [3.63, 3.8) is 0 Å². The summed E-state index contributed by atoms with van der Waals surface area (Å²) in [5.41, 5.74) is 1.05. The van der Waals surface area contributed by atoms with E-state index in [1.807, 2.05) is 37.3 Å². The van der Waals surface area contributed by atoms with Crippen molar-refractivity contribution in [2.24, 2.45) is 0 Å². The second kappa shape index (κ2) is 4.11. The highest BCUT2D eigenvalue weighted by molar-refractivity contribution is 8.22. The zero-order chi connectivity index (χ0) is 9.90. The van der Waals surface area contributed by atoms with Crippen LogP contribution in [0.25, 0.3) is 0 Å². The van der Waals surface area contributed by atoms with Gasteiger partial charge in [-0.25, -0.2) is 4.72 Å². The summed E-state index contributed by atoms with van der Waals surface area (Å²) in [6.45, 7) is 1.90. The minimum atomic E-state index is -2.62. The molecular formula is C9H15NO2S. The van der Waals surface area contributed by atoms with Crippen LogP contribution in [-0.4, -0.2) is 15.4 Å². The van der Waals surface area contributed by atoms with Crippen molar-refractivity contribution in [2.45, 2.75) is 13.0 Å². The minimum absolute atomic E-state index is 0.0452. The normalized spacial score (nSPS) is 15.4. The van der Waals surface area contributed by atoms with E-state index in [1.54, 1.807) is 0 Å². The quantitative estimate of drug-likeness (QED) is 0.704. The van der Waals surface area contributed by atoms with Crippen molar-refractivity contribution in [2.75, 3.05) is 6.26 Å². The number of benzene rings is 1. The third kappa shape index (κ3) is 3.78. The Morgan fingerprint density at radius 3 is 2.23 bits per heavy atom. The van der Waals surface area contributed by atoms with E-state index in [1.165, 1.54) is 6.26 Å². The molecule has 0 heterocycles. The van der Waals surface area contributed by atoms with Gasteiger partial charge in [0.15, 0.2) is 0 Å². The van der Waals surface area contributed by atoms with Crippen LogP contribution in [0.4, 0.5) is 0 Å². The standard InChI is InChI=1S/C9H15NO2S/c1-8(10-13(2,11)12)9-6-4-3-5-7-9/h3-8,10-12H,1-2H3/t8-/m1/s1.